The van der Waals surface area contributed by atoms with Crippen LogP contribution in [0.3, 0.4) is 0 Å². The van der Waals surface area contributed by atoms with Gasteiger partial charge in [0, 0.05) is 10.2 Å². The van der Waals surface area contributed by atoms with Gasteiger partial charge in [-0.3, -0.25) is 0 Å². The van der Waals surface area contributed by atoms with Crippen LogP contribution in [0.1, 0.15) is 18.1 Å². The fraction of sp³-hybridized carbons (Fsp3) is 0.417. The minimum Gasteiger partial charge on any atom is -0.479 e. The Balaban J connectivity index is 2.87. The second-order valence-corrected chi connectivity index (χ2v) is 5.26. The number of anilines is 1. The molecular weight excluding hydrogens is 286 g/mol. The molecule has 0 aliphatic heterocycles. The smallest absolute Gasteiger partial charge is 0.337 e. The highest BCUT2D eigenvalue weighted by Gasteiger charge is 2.29. The highest BCUT2D eigenvalue weighted by molar-refractivity contribution is 9.10. The van der Waals surface area contributed by atoms with Gasteiger partial charge in [-0.25, -0.2) is 4.79 Å². The molecule has 0 heterocycles. The van der Waals surface area contributed by atoms with Crippen LogP contribution in [0.4, 0.5) is 5.69 Å². The minimum atomic E-state index is -1.77. The Bertz CT molecular complexity index is 420. The van der Waals surface area contributed by atoms with Crippen LogP contribution in [0.2, 0.25) is 0 Å². The van der Waals surface area contributed by atoms with E-state index in [0.717, 1.165) is 21.3 Å². The lowest BCUT2D eigenvalue weighted by molar-refractivity contribution is -0.155. The Kier molecular flexibility index (Phi) is 4.16. The van der Waals surface area contributed by atoms with Gasteiger partial charge in [-0.1, -0.05) is 15.9 Å². The molecule has 94 valence electrons. The molecule has 0 saturated carbocycles. The van der Waals surface area contributed by atoms with Crippen LogP contribution in [-0.2, 0) is 4.79 Å². The number of rotatable bonds is 4. The van der Waals surface area contributed by atoms with Crippen molar-refractivity contribution in [2.45, 2.75) is 26.4 Å². The van der Waals surface area contributed by atoms with Crippen molar-refractivity contribution in [2.24, 2.45) is 0 Å². The summed E-state index contributed by atoms with van der Waals surface area (Å²) in [7, 11) is 0. The molecule has 17 heavy (non-hydrogen) atoms. The first-order valence-corrected chi connectivity index (χ1v) is 6.00. The van der Waals surface area contributed by atoms with Gasteiger partial charge in [-0.15, -0.1) is 0 Å². The first-order valence-electron chi connectivity index (χ1n) is 5.20. The molecule has 0 aliphatic carbocycles. The SMILES string of the molecule is Cc1cc(Br)cc(C)c1NCC(C)(O)C(=O)O. The summed E-state index contributed by atoms with van der Waals surface area (Å²) in [5.41, 5.74) is 1.08. The highest BCUT2D eigenvalue weighted by Crippen LogP contribution is 2.25. The fourth-order valence-corrected chi connectivity index (χ4v) is 2.21. The van der Waals surface area contributed by atoms with Gasteiger partial charge >= 0.3 is 5.97 Å². The standard InChI is InChI=1S/C12H16BrNO3/c1-7-4-9(13)5-8(2)10(7)14-6-12(3,17)11(15)16/h4-5,14,17H,6H2,1-3H3,(H,15,16). The number of nitrogens with one attached hydrogen (secondary N) is 1. The van der Waals surface area contributed by atoms with E-state index < -0.39 is 11.6 Å². The van der Waals surface area contributed by atoms with Crippen molar-refractivity contribution >= 4 is 27.6 Å². The van der Waals surface area contributed by atoms with Crippen molar-refractivity contribution in [2.75, 3.05) is 11.9 Å². The molecule has 0 amide bonds. The van der Waals surface area contributed by atoms with Gasteiger partial charge in [-0.05, 0) is 44.0 Å². The quantitative estimate of drug-likeness (QED) is 0.798. The third-order valence-corrected chi connectivity index (χ3v) is 3.03. The first kappa shape index (κ1) is 14.0. The van der Waals surface area contributed by atoms with Crippen molar-refractivity contribution in [3.8, 4) is 0 Å². The summed E-state index contributed by atoms with van der Waals surface area (Å²) in [5.74, 6) is -1.24. The van der Waals surface area contributed by atoms with Crippen LogP contribution in [0.25, 0.3) is 0 Å². The van der Waals surface area contributed by atoms with E-state index in [1.807, 2.05) is 26.0 Å². The van der Waals surface area contributed by atoms with Crippen LogP contribution >= 0.6 is 15.9 Å². The van der Waals surface area contributed by atoms with Gasteiger partial charge in [0.25, 0.3) is 0 Å². The second-order valence-electron chi connectivity index (χ2n) is 4.35. The van der Waals surface area contributed by atoms with Crippen molar-refractivity contribution in [3.05, 3.63) is 27.7 Å². The molecule has 4 nitrogen and oxygen atoms in total. The summed E-state index contributed by atoms with van der Waals surface area (Å²) in [6.45, 7) is 5.09. The zero-order valence-electron chi connectivity index (χ0n) is 10.0. The van der Waals surface area contributed by atoms with Crippen LogP contribution < -0.4 is 5.32 Å². The Morgan fingerprint density at radius 1 is 1.41 bits per heavy atom. The number of hydrogen-bond acceptors (Lipinski definition) is 3. The normalized spacial score (nSPS) is 14.2. The molecule has 1 aromatic carbocycles. The minimum absolute atomic E-state index is 0.0361. The Labute approximate surface area is 109 Å². The van der Waals surface area contributed by atoms with E-state index in [1.165, 1.54) is 6.92 Å². The number of hydrogen-bond donors (Lipinski definition) is 3. The summed E-state index contributed by atoms with van der Waals surface area (Å²) in [4.78, 5) is 10.8. The molecule has 3 N–H and O–H groups in total. The molecule has 1 aromatic rings. The lowest BCUT2D eigenvalue weighted by Crippen LogP contribution is -2.42. The average Bonchev–Trinajstić information content (AvgIpc) is 2.15. The van der Waals surface area contributed by atoms with E-state index >= 15 is 0 Å². The van der Waals surface area contributed by atoms with E-state index in [0.29, 0.717) is 0 Å². The topological polar surface area (TPSA) is 69.6 Å². The Hall–Kier alpha value is -1.07. The van der Waals surface area contributed by atoms with E-state index in [-0.39, 0.29) is 6.54 Å². The average molecular weight is 302 g/mol. The molecule has 1 unspecified atom stereocenters. The second kappa shape index (κ2) is 5.06. The molecule has 1 atom stereocenters. The molecule has 0 saturated heterocycles. The number of halogens is 1. The van der Waals surface area contributed by atoms with Crippen LogP contribution in [0.5, 0.6) is 0 Å². The monoisotopic (exact) mass is 301 g/mol. The molecule has 0 bridgehead atoms. The van der Waals surface area contributed by atoms with Crippen molar-refractivity contribution in [1.82, 2.24) is 0 Å². The third-order valence-electron chi connectivity index (χ3n) is 2.57. The zero-order valence-corrected chi connectivity index (χ0v) is 11.6. The van der Waals surface area contributed by atoms with E-state index in [1.54, 1.807) is 0 Å². The van der Waals surface area contributed by atoms with E-state index in [4.69, 9.17) is 5.11 Å². The maximum atomic E-state index is 10.8. The van der Waals surface area contributed by atoms with Gasteiger partial charge in [0.15, 0.2) is 5.60 Å². The number of benzene rings is 1. The number of carboxylic acid groups (broad SMARTS) is 1. The summed E-state index contributed by atoms with van der Waals surface area (Å²) in [6.07, 6.45) is 0. The van der Waals surface area contributed by atoms with Crippen molar-refractivity contribution < 1.29 is 15.0 Å². The number of aryl methyl sites for hydroxylation is 2. The predicted molar refractivity (Wildman–Crippen MR) is 70.4 cm³/mol. The molecule has 0 radical (unpaired) electrons. The molecule has 0 fully saturated rings. The van der Waals surface area contributed by atoms with Gasteiger partial charge in [0.05, 0.1) is 6.54 Å². The van der Waals surface area contributed by atoms with Crippen molar-refractivity contribution in [1.29, 1.82) is 0 Å². The summed E-state index contributed by atoms with van der Waals surface area (Å²) in [6, 6.07) is 3.87. The first-order chi connectivity index (χ1) is 7.74. The van der Waals surface area contributed by atoms with Crippen LogP contribution in [0, 0.1) is 13.8 Å². The summed E-state index contributed by atoms with van der Waals surface area (Å²) >= 11 is 3.39. The maximum absolute atomic E-state index is 10.8. The van der Waals surface area contributed by atoms with Crippen LogP contribution in [0.15, 0.2) is 16.6 Å². The third kappa shape index (κ3) is 3.44. The lowest BCUT2D eigenvalue weighted by Gasteiger charge is -2.21. The zero-order chi connectivity index (χ0) is 13.2. The summed E-state index contributed by atoms with van der Waals surface area (Å²) in [5, 5.41) is 21.4. The molecule has 5 heteroatoms. The molecule has 0 spiro atoms. The predicted octanol–water partition coefficient (Wildman–Crippen LogP) is 2.31. The summed E-state index contributed by atoms with van der Waals surface area (Å²) < 4.78 is 0.975. The van der Waals surface area contributed by atoms with Gasteiger partial charge in [0.2, 0.25) is 0 Å². The molecule has 0 aromatic heterocycles. The van der Waals surface area contributed by atoms with Gasteiger partial charge < -0.3 is 15.5 Å². The number of aliphatic carboxylic acids is 1. The lowest BCUT2D eigenvalue weighted by atomic mass is 10.1. The fourth-order valence-electron chi connectivity index (χ4n) is 1.53. The maximum Gasteiger partial charge on any atom is 0.337 e. The van der Waals surface area contributed by atoms with Crippen molar-refractivity contribution in [3.63, 3.8) is 0 Å². The molecule has 0 aliphatic rings. The van der Waals surface area contributed by atoms with Gasteiger partial charge in [-0.2, -0.15) is 0 Å². The largest absolute Gasteiger partial charge is 0.479 e. The number of carbonyl (C=O) groups is 1. The number of carboxylic acids is 1. The van der Waals surface area contributed by atoms with E-state index in [2.05, 4.69) is 21.2 Å². The highest BCUT2D eigenvalue weighted by atomic mass is 79.9. The van der Waals surface area contributed by atoms with Gasteiger partial charge in [0.1, 0.15) is 0 Å². The number of aliphatic hydroxyl groups is 1. The molecule has 1 rings (SSSR count). The Morgan fingerprint density at radius 2 is 1.88 bits per heavy atom. The van der Waals surface area contributed by atoms with E-state index in [9.17, 15) is 9.90 Å². The molecular formula is C12H16BrNO3. The Morgan fingerprint density at radius 3 is 2.29 bits per heavy atom. The van der Waals surface area contributed by atoms with Crippen LogP contribution in [-0.4, -0.2) is 28.3 Å².